The van der Waals surface area contributed by atoms with Gasteiger partial charge < -0.3 is 23.6 Å². The van der Waals surface area contributed by atoms with Gasteiger partial charge in [0.2, 0.25) is 5.91 Å². The molecule has 2 rings (SSSR count). The van der Waals surface area contributed by atoms with E-state index in [2.05, 4.69) is 5.32 Å². The smallest absolute Gasteiger partial charge is 0.461 e. The Morgan fingerprint density at radius 1 is 1.21 bits per heavy atom. The number of rotatable bonds is 7. The van der Waals surface area contributed by atoms with Gasteiger partial charge in [0.05, 0.1) is 4.75 Å². The lowest BCUT2D eigenvalue weighted by atomic mass is 9.97. The van der Waals surface area contributed by atoms with Crippen LogP contribution in [0.2, 0.25) is 0 Å². The van der Waals surface area contributed by atoms with Gasteiger partial charge in [-0.1, -0.05) is 6.42 Å². The molecule has 162 valence electrons. The van der Waals surface area contributed by atoms with Crippen molar-refractivity contribution in [1.82, 2.24) is 5.32 Å². The Morgan fingerprint density at radius 3 is 2.41 bits per heavy atom. The summed E-state index contributed by atoms with van der Waals surface area (Å²) in [7, 11) is 0. The third-order valence-electron chi connectivity index (χ3n) is 4.62. The maximum Gasteiger partial charge on any atom is 0.519 e. The van der Waals surface area contributed by atoms with Gasteiger partial charge in [-0.2, -0.15) is 0 Å². The summed E-state index contributed by atoms with van der Waals surface area (Å²) in [6.07, 6.45) is 4.53. The van der Waals surface area contributed by atoms with Crippen molar-refractivity contribution in [2.75, 3.05) is 0 Å². The normalized spacial score (nSPS) is 16.1. The highest BCUT2D eigenvalue weighted by Gasteiger charge is 2.41. The first-order valence-corrected chi connectivity index (χ1v) is 10.3. The summed E-state index contributed by atoms with van der Waals surface area (Å²) in [4.78, 5) is 47.7. The van der Waals surface area contributed by atoms with Crippen LogP contribution >= 0.6 is 11.8 Å². The molecule has 0 radical (unpaired) electrons. The molecule has 1 atom stereocenters. The van der Waals surface area contributed by atoms with Gasteiger partial charge in [0, 0.05) is 6.92 Å². The highest BCUT2D eigenvalue weighted by molar-refractivity contribution is 8.14. The van der Waals surface area contributed by atoms with E-state index in [9.17, 15) is 19.2 Å². The van der Waals surface area contributed by atoms with E-state index >= 15 is 0 Å². The maximum absolute atomic E-state index is 12.7. The fourth-order valence-electron chi connectivity index (χ4n) is 3.07. The van der Waals surface area contributed by atoms with Crippen molar-refractivity contribution in [3.63, 3.8) is 0 Å². The highest BCUT2D eigenvalue weighted by Crippen LogP contribution is 2.32. The van der Waals surface area contributed by atoms with E-state index in [0.29, 0.717) is 0 Å². The van der Waals surface area contributed by atoms with Crippen molar-refractivity contribution in [3.05, 3.63) is 22.1 Å². The van der Waals surface area contributed by atoms with Crippen LogP contribution in [0.15, 0.2) is 13.6 Å². The largest absolute Gasteiger partial charge is 0.519 e. The van der Waals surface area contributed by atoms with Crippen molar-refractivity contribution < 1.29 is 32.7 Å². The molecule has 0 aliphatic heterocycles. The van der Waals surface area contributed by atoms with Crippen LogP contribution in [0.1, 0.15) is 64.4 Å². The lowest BCUT2D eigenvalue weighted by Gasteiger charge is -2.33. The van der Waals surface area contributed by atoms with Gasteiger partial charge in [-0.05, 0) is 58.2 Å². The minimum atomic E-state index is -1.04. The van der Waals surface area contributed by atoms with Gasteiger partial charge in [0.1, 0.15) is 12.1 Å². The van der Waals surface area contributed by atoms with Crippen LogP contribution in [0.25, 0.3) is 0 Å². The lowest BCUT2D eigenvalue weighted by Crippen LogP contribution is -2.53. The van der Waals surface area contributed by atoms with Crippen molar-refractivity contribution in [2.24, 2.45) is 0 Å². The number of amides is 1. The van der Waals surface area contributed by atoms with Gasteiger partial charge in [-0.25, -0.2) is 14.4 Å². The Kier molecular flexibility index (Phi) is 7.95. The number of hydrogen-bond acceptors (Lipinski definition) is 9. The van der Waals surface area contributed by atoms with E-state index in [-0.39, 0.29) is 24.2 Å². The number of thioether (sulfide) groups is 1. The molecule has 1 heterocycles. The summed E-state index contributed by atoms with van der Waals surface area (Å²) in [5, 5.41) is 1.89. The topological polar surface area (TPSA) is 125 Å². The Hall–Kier alpha value is -2.23. The Balaban J connectivity index is 2.00. The lowest BCUT2D eigenvalue weighted by molar-refractivity contribution is -0.155. The minimum Gasteiger partial charge on any atom is -0.461 e. The Morgan fingerprint density at radius 2 is 1.86 bits per heavy atom. The first-order chi connectivity index (χ1) is 13.6. The predicted molar refractivity (Wildman–Crippen MR) is 104 cm³/mol. The molecule has 1 aromatic rings. The summed E-state index contributed by atoms with van der Waals surface area (Å²) < 4.78 is 19.1. The van der Waals surface area contributed by atoms with Crippen LogP contribution in [0.4, 0.5) is 4.79 Å². The molecule has 0 unspecified atom stereocenters. The van der Waals surface area contributed by atoms with E-state index in [1.54, 1.807) is 13.8 Å². The SMILES string of the molecule is CC(=O)N[C@@H](C(=O)OC1CCCCC1)C(C)(C)SC(=O)OCc1oc(=O)oc1C. The van der Waals surface area contributed by atoms with E-state index in [1.807, 2.05) is 0 Å². The van der Waals surface area contributed by atoms with Gasteiger partial charge in [0.25, 0.3) is 0 Å². The fourth-order valence-corrected chi connectivity index (χ4v) is 3.89. The van der Waals surface area contributed by atoms with E-state index < -0.39 is 33.8 Å². The molecule has 9 nitrogen and oxygen atoms in total. The molecule has 1 amide bonds. The molecule has 1 N–H and O–H groups in total. The molecule has 1 aromatic heterocycles. The van der Waals surface area contributed by atoms with Crippen LogP contribution < -0.4 is 11.1 Å². The van der Waals surface area contributed by atoms with Gasteiger partial charge in [-0.15, -0.1) is 0 Å². The first-order valence-electron chi connectivity index (χ1n) is 9.51. The van der Waals surface area contributed by atoms with Crippen LogP contribution in [0, 0.1) is 6.92 Å². The zero-order chi connectivity index (χ0) is 21.6. The summed E-state index contributed by atoms with van der Waals surface area (Å²) in [6, 6.07) is -1.03. The number of esters is 1. The standard InChI is InChI=1S/C19H27NO8S/c1-11-14(28-17(23)26-11)10-25-18(24)29-19(3,4)15(20-12(2)21)16(22)27-13-8-6-5-7-9-13/h13,15H,5-10H2,1-4H3,(H,20,21)/t15-/m0/s1. The third-order valence-corrected chi connectivity index (χ3v) is 5.66. The van der Waals surface area contributed by atoms with Crippen LogP contribution in [-0.2, 0) is 25.7 Å². The van der Waals surface area contributed by atoms with Gasteiger partial charge >= 0.3 is 17.1 Å². The number of nitrogens with one attached hydrogen (secondary N) is 1. The number of carbonyl (C=O) groups excluding carboxylic acids is 3. The maximum atomic E-state index is 12.7. The molecule has 0 spiro atoms. The molecule has 1 aliphatic carbocycles. The molecule has 1 aliphatic rings. The van der Waals surface area contributed by atoms with Crippen LogP contribution in [0.5, 0.6) is 0 Å². The Labute approximate surface area is 172 Å². The van der Waals surface area contributed by atoms with E-state index in [4.69, 9.17) is 18.3 Å². The summed E-state index contributed by atoms with van der Waals surface area (Å²) in [5.41, 5.74) is 0. The second-order valence-electron chi connectivity index (χ2n) is 7.51. The molecular weight excluding hydrogens is 402 g/mol. The Bertz CT molecular complexity index is 790. The summed E-state index contributed by atoms with van der Waals surface area (Å²) >= 11 is 0.747. The fraction of sp³-hybridized carbons (Fsp3) is 0.684. The molecule has 0 saturated heterocycles. The number of aryl methyl sites for hydroxylation is 1. The third kappa shape index (κ3) is 6.95. The molecule has 0 bridgehead atoms. The average molecular weight is 429 g/mol. The van der Waals surface area contributed by atoms with E-state index in [1.165, 1.54) is 13.8 Å². The number of carbonyl (C=O) groups is 3. The zero-order valence-corrected chi connectivity index (χ0v) is 17.9. The summed E-state index contributed by atoms with van der Waals surface area (Å²) in [5.74, 6) is -1.53. The van der Waals surface area contributed by atoms with Crippen molar-refractivity contribution in [3.8, 4) is 0 Å². The predicted octanol–water partition coefficient (Wildman–Crippen LogP) is 3.07. The molecule has 1 saturated carbocycles. The molecule has 1 fully saturated rings. The van der Waals surface area contributed by atoms with Gasteiger partial charge in [0.15, 0.2) is 18.1 Å². The van der Waals surface area contributed by atoms with Crippen molar-refractivity contribution in [2.45, 2.75) is 83.3 Å². The molecule has 10 heteroatoms. The second kappa shape index (κ2) is 10.00. The quantitative estimate of drug-likeness (QED) is 0.651. The van der Waals surface area contributed by atoms with Crippen molar-refractivity contribution in [1.29, 1.82) is 0 Å². The molecule has 29 heavy (non-hydrogen) atoms. The monoisotopic (exact) mass is 429 g/mol. The van der Waals surface area contributed by atoms with Crippen LogP contribution in [-0.4, -0.2) is 34.1 Å². The average Bonchev–Trinajstić information content (AvgIpc) is 2.95. The van der Waals surface area contributed by atoms with Crippen LogP contribution in [0.3, 0.4) is 0 Å². The van der Waals surface area contributed by atoms with Crippen molar-refractivity contribution >= 4 is 28.9 Å². The highest BCUT2D eigenvalue weighted by atomic mass is 32.2. The second-order valence-corrected chi connectivity index (χ2v) is 9.10. The first kappa shape index (κ1) is 23.1. The zero-order valence-electron chi connectivity index (χ0n) is 17.1. The number of hydrogen-bond donors (Lipinski definition) is 1. The molecular formula is C19H27NO8S. The number of ether oxygens (including phenoxy) is 2. The summed E-state index contributed by atoms with van der Waals surface area (Å²) in [6.45, 7) is 5.81. The van der Waals surface area contributed by atoms with E-state index in [0.717, 1.165) is 43.9 Å². The van der Waals surface area contributed by atoms with Gasteiger partial charge in [-0.3, -0.25) is 4.79 Å². The molecule has 0 aromatic carbocycles. The minimum absolute atomic E-state index is 0.108.